The number of aryl methyl sites for hydroxylation is 1. The van der Waals surface area contributed by atoms with Crippen molar-refractivity contribution in [3.8, 4) is 0 Å². The molecular weight excluding hydrogens is 537 g/mol. The van der Waals surface area contributed by atoms with Gasteiger partial charge in [0.2, 0.25) is 0 Å². The fraction of sp³-hybridized carbons (Fsp3) is 0.346. The van der Waals surface area contributed by atoms with Crippen molar-refractivity contribution in [1.82, 2.24) is 28.5 Å². The monoisotopic (exact) mass is 566 g/mol. The number of hydrogen-bond donors (Lipinski definition) is 0. The molecule has 0 saturated carbocycles. The molecule has 0 N–H and O–H groups in total. The predicted octanol–water partition coefficient (Wildman–Crippen LogP) is 2.96. The van der Waals surface area contributed by atoms with Crippen molar-refractivity contribution in [3.05, 3.63) is 98.5 Å². The van der Waals surface area contributed by atoms with Crippen LogP contribution in [0.25, 0.3) is 11.2 Å². The normalized spacial score (nSPS) is 14.4. The molecule has 0 unspecified atom stereocenters. The van der Waals surface area contributed by atoms with Gasteiger partial charge in [-0.25, -0.2) is 18.6 Å². The minimum Gasteiger partial charge on any atom is -0.323 e. The molecule has 0 amide bonds. The molecule has 5 rings (SSSR count). The maximum atomic E-state index is 13.6. The largest absolute Gasteiger partial charge is 0.332 e. The first-order valence-corrected chi connectivity index (χ1v) is 11.9. The lowest BCUT2D eigenvalue weighted by Crippen LogP contribution is -2.48. The van der Waals surface area contributed by atoms with Gasteiger partial charge >= 0.3 is 5.69 Å². The number of piperazine rings is 1. The van der Waals surface area contributed by atoms with E-state index < -0.39 is 5.69 Å². The molecule has 0 bridgehead atoms. The molecule has 204 valence electrons. The molecule has 12 heteroatoms. The average molecular weight is 567 g/mol. The maximum Gasteiger partial charge on any atom is 0.332 e. The van der Waals surface area contributed by atoms with Gasteiger partial charge < -0.3 is 4.57 Å². The summed E-state index contributed by atoms with van der Waals surface area (Å²) < 4.78 is 31.4. The molecule has 0 aliphatic carbocycles. The lowest BCUT2D eigenvalue weighted by atomic mass is 9.96. The van der Waals surface area contributed by atoms with E-state index in [1.165, 1.54) is 35.9 Å². The molecule has 0 spiro atoms. The second kappa shape index (κ2) is 12.2. The van der Waals surface area contributed by atoms with E-state index in [4.69, 9.17) is 0 Å². The van der Waals surface area contributed by atoms with E-state index >= 15 is 0 Å². The predicted molar refractivity (Wildman–Crippen MR) is 147 cm³/mol. The lowest BCUT2D eigenvalue weighted by Gasteiger charge is -2.39. The van der Waals surface area contributed by atoms with Crippen molar-refractivity contribution in [2.24, 2.45) is 14.1 Å². The van der Waals surface area contributed by atoms with Gasteiger partial charge in [0.15, 0.2) is 11.2 Å². The van der Waals surface area contributed by atoms with E-state index in [0.29, 0.717) is 17.7 Å². The summed E-state index contributed by atoms with van der Waals surface area (Å²) in [4.78, 5) is 33.8. The molecule has 3 heterocycles. The fourth-order valence-corrected chi connectivity index (χ4v) is 4.97. The smallest absolute Gasteiger partial charge is 0.323 e. The van der Waals surface area contributed by atoms with Crippen molar-refractivity contribution >= 4 is 36.0 Å². The Morgan fingerprint density at radius 1 is 0.789 bits per heavy atom. The molecule has 4 aromatic rings. The standard InChI is InChI=1S/C26H28F2N6O2.2ClH/c1-30-24-23(25(35)31(2)26(30)36)34(17-29-24)16-13-32-11-14-33(15-12-32)22(18-3-7-20(27)8-4-18)19-5-9-21(28)10-6-19;;/h3-10,17,22H,11-16H2,1-2H3;2*1H. The van der Waals surface area contributed by atoms with Gasteiger partial charge in [-0.05, 0) is 35.4 Å². The third-order valence-electron chi connectivity index (χ3n) is 7.02. The minimum atomic E-state index is -0.397. The number of imidazole rings is 1. The first-order chi connectivity index (χ1) is 17.3. The zero-order valence-corrected chi connectivity index (χ0v) is 22.7. The summed E-state index contributed by atoms with van der Waals surface area (Å²) in [5.74, 6) is -0.577. The fourth-order valence-electron chi connectivity index (χ4n) is 4.97. The van der Waals surface area contributed by atoms with Crippen LogP contribution in [0.3, 0.4) is 0 Å². The highest BCUT2D eigenvalue weighted by atomic mass is 35.5. The second-order valence-electron chi connectivity index (χ2n) is 9.20. The van der Waals surface area contributed by atoms with Crippen LogP contribution in [0.4, 0.5) is 8.78 Å². The first-order valence-electron chi connectivity index (χ1n) is 11.9. The van der Waals surface area contributed by atoms with E-state index in [1.54, 1.807) is 37.6 Å². The summed E-state index contributed by atoms with van der Waals surface area (Å²) in [7, 11) is 3.08. The van der Waals surface area contributed by atoms with Gasteiger partial charge in [0.1, 0.15) is 11.6 Å². The summed E-state index contributed by atoms with van der Waals surface area (Å²) in [6, 6.07) is 12.9. The highest BCUT2D eigenvalue weighted by Gasteiger charge is 2.27. The number of halogens is 4. The van der Waals surface area contributed by atoms with Crippen LogP contribution in [0.15, 0.2) is 64.4 Å². The molecule has 2 aromatic heterocycles. The zero-order valence-electron chi connectivity index (χ0n) is 21.1. The third kappa shape index (κ3) is 5.68. The Hall–Kier alpha value is -3.05. The van der Waals surface area contributed by atoms with Crippen LogP contribution in [-0.2, 0) is 20.6 Å². The molecule has 1 aliphatic rings. The van der Waals surface area contributed by atoms with E-state index in [2.05, 4.69) is 14.8 Å². The second-order valence-corrected chi connectivity index (χ2v) is 9.20. The Labute approximate surface area is 230 Å². The number of fused-ring (bicyclic) bond motifs is 1. The number of aromatic nitrogens is 4. The summed E-state index contributed by atoms with van der Waals surface area (Å²) in [5.41, 5.74) is 1.98. The van der Waals surface area contributed by atoms with Crippen LogP contribution in [-0.4, -0.2) is 61.2 Å². The van der Waals surface area contributed by atoms with Crippen molar-refractivity contribution in [2.45, 2.75) is 12.6 Å². The van der Waals surface area contributed by atoms with Crippen molar-refractivity contribution < 1.29 is 8.78 Å². The highest BCUT2D eigenvalue weighted by molar-refractivity contribution is 5.85. The van der Waals surface area contributed by atoms with Crippen molar-refractivity contribution in [2.75, 3.05) is 32.7 Å². The summed E-state index contributed by atoms with van der Waals surface area (Å²) >= 11 is 0. The van der Waals surface area contributed by atoms with Crippen LogP contribution in [0, 0.1) is 11.6 Å². The van der Waals surface area contributed by atoms with Gasteiger partial charge in [-0.1, -0.05) is 24.3 Å². The Balaban J connectivity index is 0.00000200. The number of benzene rings is 2. The number of rotatable bonds is 6. The van der Waals surface area contributed by atoms with Gasteiger partial charge in [-0.3, -0.25) is 23.7 Å². The lowest BCUT2D eigenvalue weighted by molar-refractivity contribution is 0.107. The Bertz CT molecular complexity index is 1450. The van der Waals surface area contributed by atoms with E-state index in [9.17, 15) is 18.4 Å². The molecule has 1 saturated heterocycles. The summed E-state index contributed by atoms with van der Waals surface area (Å²) in [6.07, 6.45) is 1.61. The third-order valence-corrected chi connectivity index (χ3v) is 7.02. The topological polar surface area (TPSA) is 68.3 Å². The number of nitrogens with zero attached hydrogens (tertiary/aromatic N) is 6. The van der Waals surface area contributed by atoms with Gasteiger partial charge in [-0.15, -0.1) is 24.8 Å². The van der Waals surface area contributed by atoms with Crippen LogP contribution in [0.2, 0.25) is 0 Å². The van der Waals surface area contributed by atoms with Gasteiger partial charge in [-0.2, -0.15) is 0 Å². The molecular formula is C26H30Cl2F2N6O2. The number of hydrogen-bond acceptors (Lipinski definition) is 5. The van der Waals surface area contributed by atoms with E-state index in [0.717, 1.165) is 48.4 Å². The van der Waals surface area contributed by atoms with Crippen molar-refractivity contribution in [1.29, 1.82) is 0 Å². The summed E-state index contributed by atoms with van der Waals surface area (Å²) in [6.45, 7) is 4.47. The van der Waals surface area contributed by atoms with Gasteiger partial charge in [0.25, 0.3) is 5.56 Å². The first kappa shape index (κ1) is 29.5. The SMILES string of the molecule is Cl.Cl.Cn1c(=O)c2c(ncn2CCN2CCN(C(c3ccc(F)cc3)c3ccc(F)cc3)CC2)n(C)c1=O. The van der Waals surface area contributed by atoms with Crippen LogP contribution in [0.5, 0.6) is 0 Å². The maximum absolute atomic E-state index is 13.6. The molecule has 1 fully saturated rings. The van der Waals surface area contributed by atoms with Gasteiger partial charge in [0.05, 0.1) is 12.4 Å². The molecule has 0 radical (unpaired) electrons. The molecule has 8 nitrogen and oxygen atoms in total. The molecule has 2 aromatic carbocycles. The minimum absolute atomic E-state index is 0. The molecule has 0 atom stereocenters. The van der Waals surface area contributed by atoms with E-state index in [-0.39, 0.29) is 48.0 Å². The van der Waals surface area contributed by atoms with E-state index in [1.807, 2.05) is 4.57 Å². The average Bonchev–Trinajstić information content (AvgIpc) is 3.32. The highest BCUT2D eigenvalue weighted by Crippen LogP contribution is 2.30. The Morgan fingerprint density at radius 3 is 1.84 bits per heavy atom. The van der Waals surface area contributed by atoms with Crippen LogP contribution >= 0.6 is 24.8 Å². The van der Waals surface area contributed by atoms with Crippen molar-refractivity contribution in [3.63, 3.8) is 0 Å². The molecule has 38 heavy (non-hydrogen) atoms. The summed E-state index contributed by atoms with van der Waals surface area (Å²) in [5, 5.41) is 0. The van der Waals surface area contributed by atoms with Crippen LogP contribution in [0.1, 0.15) is 17.2 Å². The zero-order chi connectivity index (χ0) is 25.4. The Kier molecular flexibility index (Phi) is 9.48. The Morgan fingerprint density at radius 2 is 1.32 bits per heavy atom. The van der Waals surface area contributed by atoms with Gasteiger partial charge in [0, 0.05) is 53.4 Å². The molecule has 1 aliphatic heterocycles. The van der Waals surface area contributed by atoms with Crippen LogP contribution < -0.4 is 11.2 Å². The quantitative estimate of drug-likeness (QED) is 0.359.